The normalized spacial score (nSPS) is 15.7. The molecule has 1 atom stereocenters. The number of pyridine rings is 1. The number of aliphatic hydroxyl groups is 1. The number of alkyl halides is 3. The molecular weight excluding hydrogens is 535 g/mol. The van der Waals surface area contributed by atoms with Crippen molar-refractivity contribution in [1.82, 2.24) is 19.9 Å². The molecule has 2 N–H and O–H groups in total. The van der Waals surface area contributed by atoms with Crippen molar-refractivity contribution < 1.29 is 31.8 Å². The van der Waals surface area contributed by atoms with Crippen LogP contribution in [0.4, 0.5) is 27.6 Å². The summed E-state index contributed by atoms with van der Waals surface area (Å²) in [5.41, 5.74) is 0.232. The second kappa shape index (κ2) is 12.1. The summed E-state index contributed by atoms with van der Waals surface area (Å²) < 4.78 is 72.7. The lowest BCUT2D eigenvalue weighted by Crippen LogP contribution is -2.42. The van der Waals surface area contributed by atoms with Gasteiger partial charge >= 0.3 is 6.18 Å². The fraction of sp³-hybridized carbons (Fsp3) is 0.407. The van der Waals surface area contributed by atoms with Crippen molar-refractivity contribution in [3.63, 3.8) is 0 Å². The van der Waals surface area contributed by atoms with Gasteiger partial charge in [-0.15, -0.1) is 0 Å². The molecule has 2 aromatic heterocycles. The second-order valence-corrected chi connectivity index (χ2v) is 9.37. The molecule has 1 aliphatic heterocycles. The number of nitrogens with zero attached hydrogens (tertiary/aromatic N) is 5. The first kappa shape index (κ1) is 29.1. The molecular formula is C27H29F5N6O2. The number of guanidine groups is 1. The average Bonchev–Trinajstić information content (AvgIpc) is 2.91. The zero-order valence-electron chi connectivity index (χ0n) is 22.1. The summed E-state index contributed by atoms with van der Waals surface area (Å²) in [5.74, 6) is -0.984. The molecule has 0 radical (unpaired) electrons. The van der Waals surface area contributed by atoms with Crippen LogP contribution >= 0.6 is 0 Å². The van der Waals surface area contributed by atoms with Crippen LogP contribution in [-0.2, 0) is 6.18 Å². The van der Waals surface area contributed by atoms with E-state index in [2.05, 4.69) is 25.3 Å². The van der Waals surface area contributed by atoms with E-state index >= 15 is 0 Å². The lowest BCUT2D eigenvalue weighted by molar-refractivity contribution is -0.141. The summed E-state index contributed by atoms with van der Waals surface area (Å²) in [4.78, 5) is 18.5. The van der Waals surface area contributed by atoms with Crippen molar-refractivity contribution in [3.05, 3.63) is 76.5 Å². The predicted molar refractivity (Wildman–Crippen MR) is 138 cm³/mol. The van der Waals surface area contributed by atoms with E-state index in [1.807, 2.05) is 4.90 Å². The lowest BCUT2D eigenvalue weighted by Gasteiger charge is -2.35. The zero-order valence-corrected chi connectivity index (χ0v) is 22.1. The van der Waals surface area contributed by atoms with Crippen LogP contribution in [0, 0.1) is 25.5 Å². The molecule has 0 saturated carbocycles. The summed E-state index contributed by atoms with van der Waals surface area (Å²) in [5, 5.41) is 13.8. The van der Waals surface area contributed by atoms with Gasteiger partial charge in [0.1, 0.15) is 41.6 Å². The second-order valence-electron chi connectivity index (χ2n) is 9.37. The van der Waals surface area contributed by atoms with Crippen LogP contribution in [0.3, 0.4) is 0 Å². The molecule has 1 unspecified atom stereocenters. The molecule has 1 fully saturated rings. The van der Waals surface area contributed by atoms with Crippen molar-refractivity contribution >= 4 is 11.6 Å². The topological polar surface area (TPSA) is 95.8 Å². The van der Waals surface area contributed by atoms with Crippen molar-refractivity contribution in [1.29, 1.82) is 0 Å². The van der Waals surface area contributed by atoms with Gasteiger partial charge in [-0.25, -0.2) is 23.7 Å². The van der Waals surface area contributed by atoms with Crippen molar-refractivity contribution in [2.24, 2.45) is 4.99 Å². The highest BCUT2D eigenvalue weighted by Crippen LogP contribution is 2.34. The Hall–Kier alpha value is -3.87. The van der Waals surface area contributed by atoms with Gasteiger partial charge in [0, 0.05) is 43.4 Å². The highest BCUT2D eigenvalue weighted by atomic mass is 19.4. The monoisotopic (exact) mass is 564 g/mol. The number of aryl methyl sites for hydroxylation is 2. The van der Waals surface area contributed by atoms with Gasteiger partial charge in [-0.3, -0.25) is 4.99 Å². The lowest BCUT2D eigenvalue weighted by atomic mass is 9.88. The Morgan fingerprint density at radius 1 is 1.07 bits per heavy atom. The number of rotatable bonds is 6. The van der Waals surface area contributed by atoms with Crippen LogP contribution in [0.25, 0.3) is 0 Å². The molecule has 4 rings (SSSR count). The third-order valence-electron chi connectivity index (χ3n) is 6.61. The largest absolute Gasteiger partial charge is 0.475 e. The van der Waals surface area contributed by atoms with Gasteiger partial charge in [0.25, 0.3) is 0 Å². The first-order chi connectivity index (χ1) is 19.0. The van der Waals surface area contributed by atoms with Crippen molar-refractivity contribution in [2.45, 2.75) is 44.9 Å². The van der Waals surface area contributed by atoms with E-state index in [9.17, 15) is 27.1 Å². The third-order valence-corrected chi connectivity index (χ3v) is 6.61. The van der Waals surface area contributed by atoms with Gasteiger partial charge in [-0.05, 0) is 44.9 Å². The molecule has 0 aliphatic carbocycles. The van der Waals surface area contributed by atoms with Gasteiger partial charge in [0.15, 0.2) is 5.96 Å². The highest BCUT2D eigenvalue weighted by Gasteiger charge is 2.33. The number of piperidine rings is 1. The van der Waals surface area contributed by atoms with E-state index in [-0.39, 0.29) is 24.1 Å². The number of anilines is 1. The van der Waals surface area contributed by atoms with Crippen molar-refractivity contribution in [3.8, 4) is 5.88 Å². The fourth-order valence-corrected chi connectivity index (χ4v) is 4.74. The number of hydrogen-bond donors (Lipinski definition) is 2. The van der Waals surface area contributed by atoms with Crippen LogP contribution in [0.1, 0.15) is 53.3 Å². The quantitative estimate of drug-likeness (QED) is 0.242. The van der Waals surface area contributed by atoms with E-state index in [0.717, 1.165) is 18.2 Å². The van der Waals surface area contributed by atoms with Crippen LogP contribution < -0.4 is 10.1 Å². The number of hydrogen-bond acceptors (Lipinski definition) is 6. The van der Waals surface area contributed by atoms with Crippen LogP contribution in [0.2, 0.25) is 0 Å². The smallest absolute Gasteiger partial charge is 0.433 e. The Kier molecular flexibility index (Phi) is 8.82. The molecule has 1 aliphatic rings. The number of halogens is 5. The number of ether oxygens (including phenoxy) is 1. The molecule has 3 heterocycles. The highest BCUT2D eigenvalue weighted by molar-refractivity contribution is 5.93. The van der Waals surface area contributed by atoms with E-state index in [0.29, 0.717) is 54.7 Å². The first-order valence-electron chi connectivity index (χ1n) is 12.6. The maximum Gasteiger partial charge on any atom is 0.433 e. The summed E-state index contributed by atoms with van der Waals surface area (Å²) in [6, 6.07) is 6.89. The minimum absolute atomic E-state index is 0.0868. The van der Waals surface area contributed by atoms with Crippen LogP contribution in [0.15, 0.2) is 41.4 Å². The number of nitrogens with one attached hydrogen (secondary N) is 1. The SMILES string of the molecule is CN=C(Nc1c(F)cccc1F)N1CCC(c2nc(C)nc(C)c2C(O)COc2cccc(C(F)(F)F)n2)CC1. The van der Waals surface area contributed by atoms with Gasteiger partial charge < -0.3 is 20.1 Å². The molecule has 1 saturated heterocycles. The molecule has 0 amide bonds. The van der Waals surface area contributed by atoms with Gasteiger partial charge in [-0.1, -0.05) is 12.1 Å². The van der Waals surface area contributed by atoms with E-state index in [1.165, 1.54) is 25.2 Å². The molecule has 8 nitrogen and oxygen atoms in total. The van der Waals surface area contributed by atoms with E-state index in [1.54, 1.807) is 13.8 Å². The van der Waals surface area contributed by atoms with Gasteiger partial charge in [0.05, 0.1) is 5.69 Å². The summed E-state index contributed by atoms with van der Waals surface area (Å²) in [6.45, 7) is 4.09. The molecule has 0 bridgehead atoms. The average molecular weight is 565 g/mol. The van der Waals surface area contributed by atoms with Crippen LogP contribution in [0.5, 0.6) is 5.88 Å². The molecule has 40 heavy (non-hydrogen) atoms. The molecule has 13 heteroatoms. The third kappa shape index (κ3) is 6.64. The summed E-state index contributed by atoms with van der Waals surface area (Å²) in [7, 11) is 1.53. The molecule has 214 valence electrons. The van der Waals surface area contributed by atoms with Crippen LogP contribution in [-0.4, -0.2) is 57.7 Å². The number of para-hydroxylation sites is 1. The number of benzene rings is 1. The standard InChI is InChI=1S/C27H29F5N6O2/c1-15-23(20(39)14-40-22-9-5-8-21(36-22)27(30,31)32)24(35-16(2)34-15)17-10-12-38(13-11-17)26(33-3)37-25-18(28)6-4-7-19(25)29/h4-9,17,20,39H,10-14H2,1-3H3,(H,33,37). The molecule has 0 spiro atoms. The Morgan fingerprint density at radius 2 is 1.73 bits per heavy atom. The Morgan fingerprint density at radius 3 is 2.35 bits per heavy atom. The maximum absolute atomic E-state index is 14.2. The van der Waals surface area contributed by atoms with E-state index < -0.39 is 29.6 Å². The Balaban J connectivity index is 1.47. The van der Waals surface area contributed by atoms with Gasteiger partial charge in [0.2, 0.25) is 5.88 Å². The number of aliphatic hydroxyl groups excluding tert-OH is 1. The minimum atomic E-state index is -4.62. The minimum Gasteiger partial charge on any atom is -0.475 e. The summed E-state index contributed by atoms with van der Waals surface area (Å²) >= 11 is 0. The Labute approximate surface area is 228 Å². The number of aliphatic imine (C=N–C) groups is 1. The fourth-order valence-electron chi connectivity index (χ4n) is 4.74. The number of aromatic nitrogens is 3. The van der Waals surface area contributed by atoms with Crippen molar-refractivity contribution in [2.75, 3.05) is 32.1 Å². The summed E-state index contributed by atoms with van der Waals surface area (Å²) in [6.07, 6.45) is -4.66. The van der Waals surface area contributed by atoms with Gasteiger partial charge in [-0.2, -0.15) is 13.2 Å². The first-order valence-corrected chi connectivity index (χ1v) is 12.6. The molecule has 1 aromatic carbocycles. The Bertz CT molecular complexity index is 1360. The number of likely N-dealkylation sites (tertiary alicyclic amines) is 1. The zero-order chi connectivity index (χ0) is 29.0. The van der Waals surface area contributed by atoms with E-state index in [4.69, 9.17) is 4.74 Å². The maximum atomic E-state index is 14.2. The predicted octanol–water partition coefficient (Wildman–Crippen LogP) is 5.18. The molecule has 3 aromatic rings.